The number of morpholine rings is 1. The molecule has 2 aliphatic heterocycles. The third-order valence-electron chi connectivity index (χ3n) is 5.24. The largest absolute Gasteiger partial charge is 0.378 e. The lowest BCUT2D eigenvalue weighted by Gasteiger charge is -2.45. The van der Waals surface area contributed by atoms with Crippen molar-refractivity contribution in [2.45, 2.75) is 31.5 Å². The van der Waals surface area contributed by atoms with Crippen LogP contribution in [-0.4, -0.2) is 30.2 Å². The van der Waals surface area contributed by atoms with E-state index in [2.05, 4.69) is 35.2 Å². The number of hydrogen-bond acceptors (Lipinski definition) is 3. The lowest BCUT2D eigenvalue weighted by atomic mass is 9.89. The highest BCUT2D eigenvalue weighted by molar-refractivity contribution is 5.68. The molecule has 0 spiro atoms. The summed E-state index contributed by atoms with van der Waals surface area (Å²) in [6.07, 6.45) is 3.17. The van der Waals surface area contributed by atoms with E-state index in [1.165, 1.54) is 11.1 Å². The Morgan fingerprint density at radius 2 is 2.00 bits per heavy atom. The summed E-state index contributed by atoms with van der Waals surface area (Å²) in [6.45, 7) is 2.27. The molecular weight excluding hydrogens is 327 g/mol. The van der Waals surface area contributed by atoms with Crippen molar-refractivity contribution in [3.05, 3.63) is 77.1 Å². The molecule has 1 saturated heterocycles. The molecule has 0 N–H and O–H groups in total. The van der Waals surface area contributed by atoms with Gasteiger partial charge in [0.1, 0.15) is 5.82 Å². The van der Waals surface area contributed by atoms with Gasteiger partial charge >= 0.3 is 0 Å². The fourth-order valence-electron chi connectivity index (χ4n) is 3.89. The van der Waals surface area contributed by atoms with E-state index in [4.69, 9.17) is 10.00 Å². The fraction of sp³-hybridized carbons (Fsp3) is 0.318. The van der Waals surface area contributed by atoms with Crippen LogP contribution in [0.4, 0.5) is 4.39 Å². The first-order valence-corrected chi connectivity index (χ1v) is 8.98. The Hall–Kier alpha value is -2.48. The molecule has 2 aromatic rings. The second-order valence-electron chi connectivity index (χ2n) is 6.95. The van der Waals surface area contributed by atoms with Crippen molar-refractivity contribution in [1.82, 2.24) is 4.90 Å². The Morgan fingerprint density at radius 3 is 2.73 bits per heavy atom. The zero-order valence-electron chi connectivity index (χ0n) is 14.6. The number of hydrogen-bond donors (Lipinski definition) is 0. The lowest BCUT2D eigenvalue weighted by molar-refractivity contribution is -0.0402. The third-order valence-corrected chi connectivity index (χ3v) is 5.24. The number of rotatable bonds is 4. The first kappa shape index (κ1) is 17.0. The van der Waals surface area contributed by atoms with Crippen LogP contribution in [0.2, 0.25) is 0 Å². The number of ether oxygens (including phenoxy) is 1. The molecule has 0 amide bonds. The van der Waals surface area contributed by atoms with Crippen molar-refractivity contribution in [3.63, 3.8) is 0 Å². The van der Waals surface area contributed by atoms with Crippen LogP contribution in [-0.2, 0) is 17.7 Å². The summed E-state index contributed by atoms with van der Waals surface area (Å²) in [6, 6.07) is 18.2. The van der Waals surface area contributed by atoms with Crippen LogP contribution in [0.25, 0.3) is 5.57 Å². The van der Waals surface area contributed by atoms with Gasteiger partial charge in [-0.15, -0.1) is 0 Å². The van der Waals surface area contributed by atoms with Gasteiger partial charge < -0.3 is 4.74 Å². The lowest BCUT2D eigenvalue weighted by Crippen LogP contribution is -2.53. The molecule has 2 unspecified atom stereocenters. The Balaban J connectivity index is 1.58. The topological polar surface area (TPSA) is 36.3 Å². The number of nitriles is 1. The van der Waals surface area contributed by atoms with E-state index in [-0.39, 0.29) is 18.3 Å². The predicted molar refractivity (Wildman–Crippen MR) is 98.7 cm³/mol. The molecule has 2 aromatic carbocycles. The molecule has 3 nitrogen and oxygen atoms in total. The predicted octanol–water partition coefficient (Wildman–Crippen LogP) is 3.95. The molecule has 132 valence electrons. The summed E-state index contributed by atoms with van der Waals surface area (Å²) >= 11 is 0. The molecule has 0 radical (unpaired) electrons. The van der Waals surface area contributed by atoms with Crippen LogP contribution in [0.15, 0.2) is 54.6 Å². The first-order chi connectivity index (χ1) is 12.7. The van der Waals surface area contributed by atoms with Crippen LogP contribution in [0.5, 0.6) is 0 Å². The molecule has 4 rings (SSSR count). The van der Waals surface area contributed by atoms with Crippen LogP contribution >= 0.6 is 0 Å². The second kappa shape index (κ2) is 7.41. The molecular formula is C22H21FN2O. The molecule has 26 heavy (non-hydrogen) atoms. The smallest absolute Gasteiger partial charge is 0.128 e. The van der Waals surface area contributed by atoms with Gasteiger partial charge in [0.15, 0.2) is 0 Å². The van der Waals surface area contributed by atoms with Gasteiger partial charge in [-0.1, -0.05) is 48.5 Å². The Kier molecular flexibility index (Phi) is 4.83. The SMILES string of the molecule is N#CCc1ccc(C2=CC3COCC(C2)N3Cc2ccccc2)cc1F. The van der Waals surface area contributed by atoms with Crippen LogP contribution in [0.1, 0.15) is 23.1 Å². The maximum atomic E-state index is 14.2. The van der Waals surface area contributed by atoms with E-state index in [1.807, 2.05) is 18.2 Å². The normalized spacial score (nSPS) is 22.5. The fourth-order valence-corrected chi connectivity index (χ4v) is 3.89. The van der Waals surface area contributed by atoms with Crippen molar-refractivity contribution >= 4 is 5.57 Å². The molecule has 0 aromatic heterocycles. The number of benzene rings is 2. The highest BCUT2D eigenvalue weighted by Crippen LogP contribution is 2.34. The zero-order chi connectivity index (χ0) is 17.9. The average Bonchev–Trinajstić information content (AvgIpc) is 2.64. The van der Waals surface area contributed by atoms with E-state index in [0.29, 0.717) is 24.8 Å². The average molecular weight is 348 g/mol. The van der Waals surface area contributed by atoms with Crippen LogP contribution in [0.3, 0.4) is 0 Å². The van der Waals surface area contributed by atoms with Gasteiger partial charge in [0.05, 0.1) is 31.7 Å². The van der Waals surface area contributed by atoms with Crippen molar-refractivity contribution in [2.75, 3.05) is 13.2 Å². The van der Waals surface area contributed by atoms with Crippen molar-refractivity contribution in [1.29, 1.82) is 5.26 Å². The highest BCUT2D eigenvalue weighted by Gasteiger charge is 2.34. The summed E-state index contributed by atoms with van der Waals surface area (Å²) < 4.78 is 20.0. The Morgan fingerprint density at radius 1 is 1.15 bits per heavy atom. The maximum Gasteiger partial charge on any atom is 0.128 e. The van der Waals surface area contributed by atoms with E-state index >= 15 is 0 Å². The quantitative estimate of drug-likeness (QED) is 0.839. The monoisotopic (exact) mass is 348 g/mol. The van der Waals surface area contributed by atoms with Gasteiger partial charge in [0.2, 0.25) is 0 Å². The molecule has 2 bridgehead atoms. The minimum atomic E-state index is -0.293. The second-order valence-corrected chi connectivity index (χ2v) is 6.95. The molecule has 0 aliphatic carbocycles. The zero-order valence-corrected chi connectivity index (χ0v) is 14.6. The summed E-state index contributed by atoms with van der Waals surface area (Å²) in [4.78, 5) is 2.49. The first-order valence-electron chi connectivity index (χ1n) is 8.98. The number of nitrogens with zero attached hydrogens (tertiary/aromatic N) is 2. The molecule has 1 fully saturated rings. The van der Waals surface area contributed by atoms with Gasteiger partial charge in [0, 0.05) is 18.2 Å². The van der Waals surface area contributed by atoms with Crippen LogP contribution in [0, 0.1) is 17.1 Å². The molecule has 0 saturated carbocycles. The summed E-state index contributed by atoms with van der Waals surface area (Å²) in [7, 11) is 0. The van der Waals surface area contributed by atoms with Gasteiger partial charge in [0.25, 0.3) is 0 Å². The molecule has 2 aliphatic rings. The minimum absolute atomic E-state index is 0.106. The molecule has 2 heterocycles. The van der Waals surface area contributed by atoms with Crippen LogP contribution < -0.4 is 0 Å². The summed E-state index contributed by atoms with van der Waals surface area (Å²) in [5.74, 6) is -0.293. The standard InChI is InChI=1S/C22H21FN2O/c23-22-12-18(7-6-17(22)8-9-24)19-10-20-14-26-15-21(11-19)25(20)13-16-4-2-1-3-5-16/h1-7,10,12,20-21H,8,11,13-15H2. The van der Waals surface area contributed by atoms with Crippen molar-refractivity contribution in [2.24, 2.45) is 0 Å². The van der Waals surface area contributed by atoms with E-state index in [1.54, 1.807) is 12.1 Å². The Bertz CT molecular complexity index is 856. The maximum absolute atomic E-state index is 14.2. The Labute approximate surface area is 153 Å². The van der Waals surface area contributed by atoms with Gasteiger partial charge in [-0.3, -0.25) is 4.90 Å². The van der Waals surface area contributed by atoms with E-state index in [9.17, 15) is 4.39 Å². The van der Waals surface area contributed by atoms with Gasteiger partial charge in [-0.25, -0.2) is 4.39 Å². The molecule has 2 atom stereocenters. The van der Waals surface area contributed by atoms with Crippen molar-refractivity contribution in [3.8, 4) is 6.07 Å². The summed E-state index contributed by atoms with van der Waals surface area (Å²) in [5, 5.41) is 8.77. The van der Waals surface area contributed by atoms with E-state index < -0.39 is 0 Å². The van der Waals surface area contributed by atoms with E-state index in [0.717, 1.165) is 18.5 Å². The number of fused-ring (bicyclic) bond motifs is 2. The number of halogens is 1. The third kappa shape index (κ3) is 3.41. The minimum Gasteiger partial charge on any atom is -0.378 e. The van der Waals surface area contributed by atoms with Gasteiger partial charge in [-0.05, 0) is 29.2 Å². The highest BCUT2D eigenvalue weighted by atomic mass is 19.1. The molecule has 4 heteroatoms. The van der Waals surface area contributed by atoms with Gasteiger partial charge in [-0.2, -0.15) is 5.26 Å². The summed E-state index contributed by atoms with van der Waals surface area (Å²) in [5.41, 5.74) is 3.85. The van der Waals surface area contributed by atoms with Crippen molar-refractivity contribution < 1.29 is 9.13 Å².